The maximum Gasteiger partial charge on any atom is 0.131 e. The van der Waals surface area contributed by atoms with Crippen LogP contribution in [-0.4, -0.2) is 75.0 Å². The number of H-pyrrole nitrogens is 8. The fraction of sp³-hybridized carbons (Fsp3) is 0.110. The number of nitrogens with zero attached hydrogens (tertiary/aromatic N) is 7. The van der Waals surface area contributed by atoms with Crippen LogP contribution in [-0.2, 0) is 0 Å². The summed E-state index contributed by atoms with van der Waals surface area (Å²) in [4.78, 5) is 46.8. The Labute approximate surface area is 773 Å². The number of nitrogens with one attached hydrogen (secondary N) is 8. The number of aromatic amines is 8. The second-order valence-corrected chi connectivity index (χ2v) is 33.7. The van der Waals surface area contributed by atoms with Gasteiger partial charge < -0.3 is 40.6 Å². The molecule has 0 bridgehead atoms. The Hall–Kier alpha value is -14.5. The monoisotopic (exact) mass is 1820 g/mol. The fourth-order valence-corrected chi connectivity index (χ4v) is 15.1. The van der Waals surface area contributed by atoms with Gasteiger partial charge >= 0.3 is 0 Å². The smallest absolute Gasteiger partial charge is 0.131 e. The Kier molecular flexibility index (Phi) is 31.9. The second kappa shape index (κ2) is 44.6. The number of benzene rings is 10. The second-order valence-electron chi connectivity index (χ2n) is 31.5. The summed E-state index contributed by atoms with van der Waals surface area (Å²) in [6.07, 6.45) is 18.7. The number of para-hydroxylation sites is 1. The van der Waals surface area contributed by atoms with Crippen molar-refractivity contribution < 1.29 is 0 Å². The highest BCUT2D eigenvalue weighted by Crippen LogP contribution is 2.26. The van der Waals surface area contributed by atoms with Crippen molar-refractivity contribution in [1.82, 2.24) is 75.0 Å². The maximum absolute atomic E-state index is 5.86. The zero-order chi connectivity index (χ0) is 90.9. The van der Waals surface area contributed by atoms with Gasteiger partial charge in [0.05, 0.1) is 34.5 Å². The van der Waals surface area contributed by atoms with Crippen LogP contribution in [0.5, 0.6) is 0 Å². The fourth-order valence-electron chi connectivity index (χ4n) is 14.1. The minimum atomic E-state index is 0.568. The number of aromatic nitrogens is 15. The summed E-state index contributed by atoms with van der Waals surface area (Å²) in [6.45, 7) is 24.5. The topological polar surface area (TPSA) is 243 Å². The molecule has 14 heterocycles. The first-order valence-electron chi connectivity index (χ1n) is 42.1. The van der Waals surface area contributed by atoms with Gasteiger partial charge in [0.2, 0.25) is 0 Å². The highest BCUT2D eigenvalue weighted by molar-refractivity contribution is 9.10. The molecule has 0 spiro atoms. The van der Waals surface area contributed by atoms with Crippen molar-refractivity contribution in [2.24, 2.45) is 0 Å². The molecule has 0 aliphatic rings. The third-order valence-electron chi connectivity index (χ3n) is 20.6. The van der Waals surface area contributed by atoms with Gasteiger partial charge in [-0.2, -0.15) is 5.10 Å². The van der Waals surface area contributed by atoms with Gasteiger partial charge in [-0.3, -0.25) is 30.0 Å². The first kappa shape index (κ1) is 92.2. The summed E-state index contributed by atoms with van der Waals surface area (Å²) in [5.41, 5.74) is 29.9. The van der Waals surface area contributed by atoms with Gasteiger partial charge in [-0.15, -0.1) is 0 Å². The number of halogens is 4. The van der Waals surface area contributed by atoms with Crippen LogP contribution in [0, 0.1) is 83.1 Å². The molecule has 0 radical (unpaired) electrons. The van der Waals surface area contributed by atoms with Gasteiger partial charge in [-0.1, -0.05) is 199 Å². The molecule has 129 heavy (non-hydrogen) atoms. The Morgan fingerprint density at radius 1 is 0.271 bits per heavy atom. The summed E-state index contributed by atoms with van der Waals surface area (Å²) < 4.78 is 1.14. The summed E-state index contributed by atoms with van der Waals surface area (Å²) in [5.74, 6) is 0.568. The molecule has 0 fully saturated rings. The van der Waals surface area contributed by atoms with Gasteiger partial charge in [0, 0.05) is 164 Å². The van der Waals surface area contributed by atoms with Gasteiger partial charge in [-0.05, 0) is 285 Å². The van der Waals surface area contributed by atoms with Crippen LogP contribution in [0.1, 0.15) is 67.5 Å². The summed E-state index contributed by atoms with van der Waals surface area (Å²) in [5, 5.41) is 27.1. The Balaban J connectivity index is 0.000000120. The first-order valence-corrected chi connectivity index (χ1v) is 44.0. The lowest BCUT2D eigenvalue weighted by Gasteiger charge is -2.00. The molecule has 10 N–H and O–H groups in total. The van der Waals surface area contributed by atoms with Gasteiger partial charge in [0.1, 0.15) is 16.1 Å². The molecule has 24 aromatic rings. The molecule has 0 atom stereocenters. The zero-order valence-corrected chi connectivity index (χ0v) is 77.9. The molecule has 0 aliphatic heterocycles. The number of hydrogen-bond acceptors (Lipinski definition) is 8. The Morgan fingerprint density at radius 3 is 1.40 bits per heavy atom. The predicted octanol–water partition coefficient (Wildman–Crippen LogP) is 30.5. The van der Waals surface area contributed by atoms with Crippen LogP contribution in [0.4, 0.5) is 5.82 Å². The van der Waals surface area contributed by atoms with Crippen LogP contribution >= 0.6 is 50.7 Å². The van der Waals surface area contributed by atoms with E-state index in [4.69, 9.17) is 40.5 Å². The number of nitrogens with two attached hydrogens (primary N) is 1. The third kappa shape index (κ3) is 27.0. The molecule has 0 aliphatic carbocycles. The first-order chi connectivity index (χ1) is 62.3. The normalized spacial score (nSPS) is 10.5. The number of hydrogen-bond donors (Lipinski definition) is 9. The van der Waals surface area contributed by atoms with Crippen LogP contribution in [0.25, 0.3) is 130 Å². The number of rotatable bonds is 0. The number of anilines is 1. The van der Waals surface area contributed by atoms with Crippen LogP contribution in [0.15, 0.2) is 345 Å². The van der Waals surface area contributed by atoms with E-state index in [0.717, 1.165) is 87.4 Å². The molecule has 14 aromatic heterocycles. The standard InChI is InChI=1S/C11H9Br.C11H9Cl.C10H9N.2C9H8ClN.C9H9N3.2C9H9N.4C8H8N2/c1-8-2-3-9-4-5-11(12)7-10(9)6-8;1-8-2-3-10-7-11(12)5-4-9(10)6-8;1-8-6-9-4-2-3-5-10(9)7-11-8;2*1-6-2-3-8-7(4-6)5-9(10)11-8;1-6-4-8-7(5-12-6)2-3-11-9(8)10;1-7-2-3-9-8(6-7)4-5-10-9;1-7-6-8-4-2-3-5-9(8)10-7;1-6-4-8-7(5-10-6)2-3-9-8;1-6-4-7-2-3-9-8(7)5-10-6;1-6-2-3-8-7(4-6)5-9-10-8;1-6-2-3-7-8(10-6)4-5-9-7/h2*2-7H,1H3;2-7H,1H3;2*2-5,11H,1H3;2-5H,1H3,(H2,10,11);2*2-6,10H,1H3;2*2-5,9H,1H3;2-5H,1H3,(H,9,10);2-5,9H,1H3. The van der Waals surface area contributed by atoms with E-state index in [0.29, 0.717) is 16.1 Å². The van der Waals surface area contributed by atoms with Crippen molar-refractivity contribution in [2.45, 2.75) is 83.1 Å². The Bertz CT molecular complexity index is 7180. The lowest BCUT2D eigenvalue weighted by atomic mass is 10.1. The number of fused-ring (bicyclic) bond motifs is 12. The van der Waals surface area contributed by atoms with E-state index in [9.17, 15) is 0 Å². The van der Waals surface area contributed by atoms with Crippen molar-refractivity contribution in [3.8, 4) is 0 Å². The molecular weight excluding hydrogens is 1720 g/mol. The summed E-state index contributed by atoms with van der Waals surface area (Å²) in [7, 11) is 0. The number of nitrogen functional groups attached to an aromatic ring is 1. The molecule has 0 saturated heterocycles. The van der Waals surface area contributed by atoms with Crippen molar-refractivity contribution in [1.29, 1.82) is 0 Å². The Morgan fingerprint density at radius 2 is 0.721 bits per heavy atom. The van der Waals surface area contributed by atoms with Crippen molar-refractivity contribution >= 4 is 187 Å². The average molecular weight is 1820 g/mol. The lowest BCUT2D eigenvalue weighted by molar-refractivity contribution is 1.12. The van der Waals surface area contributed by atoms with Gasteiger partial charge in [-0.25, -0.2) is 4.98 Å². The molecule has 0 amide bonds. The SMILES string of the molecule is Cc1cc2[nH]ccc2cn1.Cc1cc2c(N)nccc2cn1.Cc1cc2cc[nH]c2cn1.Cc1cc2ccccc2[nH]1.Cc1cc2ccccc2cn1.Cc1ccc2[nH]c(Cl)cc2c1.Cc1ccc2[nH]c(Cl)cc2c1.Cc1ccc2[nH]ccc2c1.Cc1ccc2[nH]ccc2n1.Cc1ccc2[nH]ncc2c1.Cc1ccc2cc(Cl)ccc2c1.Cc1ccc2ccc(Br)cc2c1. The highest BCUT2D eigenvalue weighted by Gasteiger charge is 2.04. The highest BCUT2D eigenvalue weighted by atomic mass is 79.9. The molecule has 24 rings (SSSR count). The minimum Gasteiger partial charge on any atom is -0.383 e. The molecule has 646 valence electrons. The van der Waals surface area contributed by atoms with Crippen molar-refractivity contribution in [3.05, 3.63) is 428 Å². The van der Waals surface area contributed by atoms with Crippen molar-refractivity contribution in [3.63, 3.8) is 0 Å². The number of pyridine rings is 6. The van der Waals surface area contributed by atoms with Crippen LogP contribution in [0.2, 0.25) is 15.3 Å². The van der Waals surface area contributed by atoms with E-state index in [1.165, 1.54) is 120 Å². The van der Waals surface area contributed by atoms with E-state index in [1.807, 2.05) is 206 Å². The maximum atomic E-state index is 5.86. The van der Waals surface area contributed by atoms with E-state index >= 15 is 0 Å². The zero-order valence-electron chi connectivity index (χ0n) is 74.1. The van der Waals surface area contributed by atoms with Gasteiger partial charge in [0.25, 0.3) is 0 Å². The quantitative estimate of drug-likeness (QED) is 0.0705. The molecular formula is C109H102BrCl3N16. The number of aryl methyl sites for hydroxylation is 12. The minimum absolute atomic E-state index is 0.568. The van der Waals surface area contributed by atoms with E-state index in [-0.39, 0.29) is 0 Å². The molecule has 20 heteroatoms. The lowest BCUT2D eigenvalue weighted by Crippen LogP contribution is -1.91. The molecule has 0 unspecified atom stereocenters. The average Bonchev–Trinajstić information content (AvgIpc) is 1.45. The predicted molar refractivity (Wildman–Crippen MR) is 551 cm³/mol. The van der Waals surface area contributed by atoms with Crippen LogP contribution < -0.4 is 5.73 Å². The summed E-state index contributed by atoms with van der Waals surface area (Å²) in [6, 6.07) is 94.9. The van der Waals surface area contributed by atoms with E-state index in [1.54, 1.807) is 6.20 Å². The van der Waals surface area contributed by atoms with Crippen LogP contribution in [0.3, 0.4) is 0 Å². The molecule has 16 nitrogen and oxygen atoms in total. The van der Waals surface area contributed by atoms with E-state index in [2.05, 4.69) is 303 Å². The van der Waals surface area contributed by atoms with Gasteiger partial charge in [0.15, 0.2) is 0 Å². The largest absolute Gasteiger partial charge is 0.383 e. The van der Waals surface area contributed by atoms with E-state index < -0.39 is 0 Å². The summed E-state index contributed by atoms with van der Waals surface area (Å²) >= 11 is 20.9. The van der Waals surface area contributed by atoms with Crippen molar-refractivity contribution in [2.75, 3.05) is 5.73 Å². The molecule has 10 aromatic carbocycles. The molecule has 0 saturated carbocycles. The third-order valence-corrected chi connectivity index (χ3v) is 21.8.